The number of amides is 1. The van der Waals surface area contributed by atoms with Crippen LogP contribution in [-0.4, -0.2) is 35.1 Å². The Labute approximate surface area is 216 Å². The Morgan fingerprint density at radius 2 is 1.66 bits per heavy atom. The van der Waals surface area contributed by atoms with Crippen molar-refractivity contribution in [2.45, 2.75) is 12.5 Å². The summed E-state index contributed by atoms with van der Waals surface area (Å²) in [4.78, 5) is 29.4. The van der Waals surface area contributed by atoms with Crippen LogP contribution in [0.4, 0.5) is 0 Å². The number of fused-ring (bicyclic) bond motifs is 1. The average Bonchev–Trinajstić information content (AvgIpc) is 2.83. The number of ether oxygens (including phenoxy) is 1. The number of halogens is 3. The highest BCUT2D eigenvalue weighted by molar-refractivity contribution is 6.39. The number of rotatable bonds is 7. The van der Waals surface area contributed by atoms with Crippen LogP contribution in [0.15, 0.2) is 66.9 Å². The van der Waals surface area contributed by atoms with Crippen LogP contribution in [0.25, 0.3) is 22.0 Å². The summed E-state index contributed by atoms with van der Waals surface area (Å²) in [5.74, 6) is -1.28. The fourth-order valence-corrected chi connectivity index (χ4v) is 4.75. The van der Waals surface area contributed by atoms with Gasteiger partial charge in [-0.1, -0.05) is 65.1 Å². The third-order valence-electron chi connectivity index (χ3n) is 5.54. The summed E-state index contributed by atoms with van der Waals surface area (Å²) in [6, 6.07) is 16.0. The van der Waals surface area contributed by atoms with E-state index < -0.39 is 17.9 Å². The van der Waals surface area contributed by atoms with Crippen LogP contribution in [0.3, 0.4) is 0 Å². The average molecular weight is 530 g/mol. The first-order valence-corrected chi connectivity index (χ1v) is 11.6. The van der Waals surface area contributed by atoms with Crippen LogP contribution in [0.5, 0.6) is 5.75 Å². The van der Waals surface area contributed by atoms with Crippen molar-refractivity contribution in [1.82, 2.24) is 10.3 Å². The Bertz CT molecular complexity index is 1420. The molecule has 0 fully saturated rings. The second-order valence-electron chi connectivity index (χ2n) is 7.65. The summed E-state index contributed by atoms with van der Waals surface area (Å²) in [5.41, 5.74) is 2.73. The van der Waals surface area contributed by atoms with Gasteiger partial charge in [0.25, 0.3) is 5.91 Å². The van der Waals surface area contributed by atoms with Crippen molar-refractivity contribution in [1.29, 1.82) is 0 Å². The van der Waals surface area contributed by atoms with Gasteiger partial charge in [0.15, 0.2) is 0 Å². The molecule has 9 heteroatoms. The maximum Gasteiger partial charge on any atom is 0.326 e. The predicted molar refractivity (Wildman–Crippen MR) is 138 cm³/mol. The zero-order valence-electron chi connectivity index (χ0n) is 18.4. The number of nitrogens with one attached hydrogen (secondary N) is 1. The molecule has 0 saturated carbocycles. The van der Waals surface area contributed by atoms with Crippen molar-refractivity contribution in [3.63, 3.8) is 0 Å². The largest absolute Gasteiger partial charge is 0.496 e. The van der Waals surface area contributed by atoms with Crippen LogP contribution in [-0.2, 0) is 11.2 Å². The number of pyridine rings is 1. The number of nitrogens with zero attached hydrogens (tertiary/aromatic N) is 1. The lowest BCUT2D eigenvalue weighted by Gasteiger charge is -2.18. The van der Waals surface area contributed by atoms with Gasteiger partial charge in [-0.3, -0.25) is 9.78 Å². The van der Waals surface area contributed by atoms with E-state index >= 15 is 0 Å². The Morgan fingerprint density at radius 1 is 0.971 bits per heavy atom. The lowest BCUT2D eigenvalue weighted by atomic mass is 9.94. The number of carboxylic acids is 1. The molecule has 35 heavy (non-hydrogen) atoms. The van der Waals surface area contributed by atoms with Gasteiger partial charge in [0.05, 0.1) is 33.3 Å². The van der Waals surface area contributed by atoms with Crippen molar-refractivity contribution in [3.05, 3.63) is 93.1 Å². The second-order valence-corrected chi connectivity index (χ2v) is 8.88. The third kappa shape index (κ3) is 5.05. The lowest BCUT2D eigenvalue weighted by Crippen LogP contribution is -2.42. The highest BCUT2D eigenvalue weighted by Crippen LogP contribution is 2.40. The quantitative estimate of drug-likeness (QED) is 0.293. The minimum absolute atomic E-state index is 0.0173. The molecule has 0 spiro atoms. The lowest BCUT2D eigenvalue weighted by molar-refractivity contribution is -0.139. The molecule has 0 saturated heterocycles. The molecular weight excluding hydrogens is 511 g/mol. The Kier molecular flexibility index (Phi) is 7.45. The minimum Gasteiger partial charge on any atom is -0.496 e. The van der Waals surface area contributed by atoms with Crippen LogP contribution in [0.1, 0.15) is 15.9 Å². The highest BCUT2D eigenvalue weighted by Gasteiger charge is 2.25. The molecule has 0 aliphatic heterocycles. The van der Waals surface area contributed by atoms with Gasteiger partial charge in [0, 0.05) is 23.6 Å². The van der Waals surface area contributed by atoms with E-state index in [-0.39, 0.29) is 22.0 Å². The van der Waals surface area contributed by atoms with Crippen LogP contribution in [0, 0.1) is 0 Å². The van der Waals surface area contributed by atoms with Crippen LogP contribution >= 0.6 is 34.8 Å². The predicted octanol–water partition coefficient (Wildman–Crippen LogP) is 6.30. The van der Waals surface area contributed by atoms with Crippen molar-refractivity contribution >= 4 is 57.6 Å². The number of carboxylic acid groups (broad SMARTS) is 1. The molecule has 0 bridgehead atoms. The van der Waals surface area contributed by atoms with Gasteiger partial charge in [-0.15, -0.1) is 0 Å². The molecule has 0 aliphatic carbocycles. The van der Waals surface area contributed by atoms with Gasteiger partial charge in [-0.05, 0) is 41.5 Å². The molecule has 4 rings (SSSR count). The summed E-state index contributed by atoms with van der Waals surface area (Å²) >= 11 is 18.7. The Morgan fingerprint density at radius 3 is 2.34 bits per heavy atom. The van der Waals surface area contributed by atoms with E-state index in [1.54, 1.807) is 43.6 Å². The van der Waals surface area contributed by atoms with E-state index in [4.69, 9.17) is 39.5 Å². The standard InChI is InChI=1S/C26H19Cl3N2O4/c1-35-21-9-3-8-17(27)22(21)15-11-10-14(24-16(15)5-4-12-30-24)13-20(26(33)34)31-25(32)23-18(28)6-2-7-19(23)29/h2-12,20H,13H2,1H3,(H,31,32)(H,33,34)/t20-/m0/s1. The molecule has 1 aromatic heterocycles. The molecule has 1 atom stereocenters. The number of carbonyl (C=O) groups is 2. The van der Waals surface area contributed by atoms with E-state index in [1.165, 1.54) is 12.1 Å². The fraction of sp³-hybridized carbons (Fsp3) is 0.115. The number of benzene rings is 3. The number of hydrogen-bond acceptors (Lipinski definition) is 4. The van der Waals surface area contributed by atoms with E-state index in [2.05, 4.69) is 10.3 Å². The van der Waals surface area contributed by atoms with Crippen molar-refractivity contribution in [3.8, 4) is 16.9 Å². The number of aliphatic carboxylic acids is 1. The SMILES string of the molecule is COc1cccc(Cl)c1-c1ccc(C[C@H](NC(=O)c2c(Cl)cccc2Cl)C(=O)O)c2ncccc12. The molecule has 1 amide bonds. The topological polar surface area (TPSA) is 88.5 Å². The summed E-state index contributed by atoms with van der Waals surface area (Å²) < 4.78 is 5.51. The van der Waals surface area contributed by atoms with E-state index in [0.29, 0.717) is 27.4 Å². The van der Waals surface area contributed by atoms with Gasteiger partial charge in [0.2, 0.25) is 0 Å². The molecule has 3 aromatic carbocycles. The minimum atomic E-state index is -1.25. The summed E-state index contributed by atoms with van der Waals surface area (Å²) in [6.45, 7) is 0. The maximum absolute atomic E-state index is 12.8. The van der Waals surface area contributed by atoms with Gasteiger partial charge < -0.3 is 15.2 Å². The molecule has 0 radical (unpaired) electrons. The van der Waals surface area contributed by atoms with E-state index in [9.17, 15) is 14.7 Å². The first kappa shape index (κ1) is 24.8. The maximum atomic E-state index is 12.8. The molecule has 178 valence electrons. The molecule has 1 heterocycles. The normalized spacial score (nSPS) is 11.8. The number of aromatic nitrogens is 1. The van der Waals surface area contributed by atoms with Crippen molar-refractivity contribution in [2.75, 3.05) is 7.11 Å². The van der Waals surface area contributed by atoms with Crippen LogP contribution in [0.2, 0.25) is 15.1 Å². The van der Waals surface area contributed by atoms with E-state index in [0.717, 1.165) is 10.9 Å². The monoisotopic (exact) mass is 528 g/mol. The Balaban J connectivity index is 1.73. The Hall–Kier alpha value is -3.32. The molecule has 0 aliphatic rings. The highest BCUT2D eigenvalue weighted by atomic mass is 35.5. The first-order valence-electron chi connectivity index (χ1n) is 10.5. The molecular formula is C26H19Cl3N2O4. The summed E-state index contributed by atoms with van der Waals surface area (Å²) in [6.07, 6.45) is 1.61. The zero-order valence-corrected chi connectivity index (χ0v) is 20.7. The number of methoxy groups -OCH3 is 1. The summed E-state index contributed by atoms with van der Waals surface area (Å²) in [7, 11) is 1.56. The molecule has 6 nitrogen and oxygen atoms in total. The molecule has 0 unspecified atom stereocenters. The first-order chi connectivity index (χ1) is 16.8. The molecule has 2 N–H and O–H groups in total. The molecule has 4 aromatic rings. The number of carbonyl (C=O) groups excluding carboxylic acids is 1. The van der Waals surface area contributed by atoms with Crippen molar-refractivity contribution in [2.24, 2.45) is 0 Å². The summed E-state index contributed by atoms with van der Waals surface area (Å²) in [5, 5.41) is 13.9. The van der Waals surface area contributed by atoms with Crippen molar-refractivity contribution < 1.29 is 19.4 Å². The fourth-order valence-electron chi connectivity index (χ4n) is 3.91. The van der Waals surface area contributed by atoms with Gasteiger partial charge >= 0.3 is 5.97 Å². The van der Waals surface area contributed by atoms with Gasteiger partial charge in [0.1, 0.15) is 11.8 Å². The smallest absolute Gasteiger partial charge is 0.326 e. The van der Waals surface area contributed by atoms with E-state index in [1.807, 2.05) is 18.2 Å². The second kappa shape index (κ2) is 10.5. The van der Waals surface area contributed by atoms with Crippen LogP contribution < -0.4 is 10.1 Å². The zero-order chi connectivity index (χ0) is 25.1. The third-order valence-corrected chi connectivity index (χ3v) is 6.48. The van der Waals surface area contributed by atoms with Gasteiger partial charge in [-0.2, -0.15) is 0 Å². The number of hydrogen-bond donors (Lipinski definition) is 2. The van der Waals surface area contributed by atoms with Gasteiger partial charge in [-0.25, -0.2) is 4.79 Å².